The van der Waals surface area contributed by atoms with Gasteiger partial charge in [0.1, 0.15) is 11.6 Å². The number of hydrogen-bond acceptors (Lipinski definition) is 5. The molecule has 2 aromatic rings. The first kappa shape index (κ1) is 22.7. The van der Waals surface area contributed by atoms with Gasteiger partial charge in [-0.3, -0.25) is 9.69 Å². The van der Waals surface area contributed by atoms with Gasteiger partial charge >= 0.3 is 12.4 Å². The Bertz CT molecular complexity index is 1060. The number of rotatable bonds is 2. The molecule has 1 saturated heterocycles. The zero-order chi connectivity index (χ0) is 23.4. The minimum Gasteiger partial charge on any atom is -0.328 e. The van der Waals surface area contributed by atoms with E-state index in [2.05, 4.69) is 17.6 Å². The molecule has 0 aliphatic carbocycles. The van der Waals surface area contributed by atoms with Crippen molar-refractivity contribution in [3.05, 3.63) is 53.3 Å². The van der Waals surface area contributed by atoms with Crippen LogP contribution in [0.5, 0.6) is 0 Å². The highest BCUT2D eigenvalue weighted by molar-refractivity contribution is 7.81. The Morgan fingerprint density at radius 1 is 1.06 bits per heavy atom. The summed E-state index contributed by atoms with van der Waals surface area (Å²) >= 11 is 4.35. The van der Waals surface area contributed by atoms with Gasteiger partial charge in [0.25, 0.3) is 5.91 Å². The van der Waals surface area contributed by atoms with Crippen molar-refractivity contribution in [3.8, 4) is 6.07 Å². The number of benzene rings is 1. The van der Waals surface area contributed by atoms with Crippen LogP contribution in [0, 0.1) is 11.3 Å². The molecular weight excluding hydrogens is 446 g/mol. The van der Waals surface area contributed by atoms with Gasteiger partial charge in [0, 0.05) is 5.69 Å². The van der Waals surface area contributed by atoms with Crippen LogP contribution in [0.2, 0.25) is 0 Å². The van der Waals surface area contributed by atoms with E-state index < -0.39 is 46.1 Å². The summed E-state index contributed by atoms with van der Waals surface area (Å²) in [5.74, 6) is -0.646. The minimum atomic E-state index is -4.88. The topological polar surface area (TPSA) is 60.2 Å². The number of nitriles is 1. The van der Waals surface area contributed by atoms with Crippen LogP contribution in [0.4, 0.5) is 37.7 Å². The standard InChI is InChI=1S/C19H14F6N4OS/c1-17(2)15(30)28(12-7-13(19(23,24)25)14(8-26)27-9-12)16(31)29(17)11-5-3-10(4-6-11)18(20,21)22/h3-7,9,16,31H,1-2H3. The van der Waals surface area contributed by atoms with Crippen LogP contribution in [0.1, 0.15) is 30.7 Å². The Labute approximate surface area is 178 Å². The van der Waals surface area contributed by atoms with Crippen molar-refractivity contribution in [2.75, 3.05) is 9.80 Å². The molecule has 3 rings (SSSR count). The van der Waals surface area contributed by atoms with Crippen LogP contribution < -0.4 is 9.80 Å². The predicted octanol–water partition coefficient (Wildman–Crippen LogP) is 4.84. The molecule has 1 aromatic carbocycles. The van der Waals surface area contributed by atoms with Crippen LogP contribution in [0.15, 0.2) is 36.5 Å². The summed E-state index contributed by atoms with van der Waals surface area (Å²) < 4.78 is 78.5. The second-order valence-electron chi connectivity index (χ2n) is 7.19. The van der Waals surface area contributed by atoms with Crippen LogP contribution in [-0.2, 0) is 17.1 Å². The van der Waals surface area contributed by atoms with Crippen LogP contribution in [0.3, 0.4) is 0 Å². The Morgan fingerprint density at radius 2 is 1.65 bits per heavy atom. The highest BCUT2D eigenvalue weighted by Crippen LogP contribution is 2.42. The number of thiol groups is 1. The lowest BCUT2D eigenvalue weighted by molar-refractivity contribution is -0.138. The van der Waals surface area contributed by atoms with Gasteiger partial charge in [0.2, 0.25) is 0 Å². The fourth-order valence-corrected chi connectivity index (χ4v) is 3.98. The first-order valence-corrected chi connectivity index (χ1v) is 9.17. The van der Waals surface area contributed by atoms with E-state index in [0.29, 0.717) is 6.07 Å². The molecule has 0 radical (unpaired) electrons. The number of alkyl halides is 6. The minimum absolute atomic E-state index is 0.214. The molecule has 5 nitrogen and oxygen atoms in total. The Balaban J connectivity index is 2.06. The van der Waals surface area contributed by atoms with Gasteiger partial charge in [-0.25, -0.2) is 4.98 Å². The lowest BCUT2D eigenvalue weighted by atomic mass is 10.0. The summed E-state index contributed by atoms with van der Waals surface area (Å²) in [5.41, 5.74) is -5.58. The van der Waals surface area contributed by atoms with Crippen LogP contribution >= 0.6 is 12.6 Å². The van der Waals surface area contributed by atoms with Crippen molar-refractivity contribution in [1.82, 2.24) is 4.98 Å². The number of anilines is 2. The van der Waals surface area contributed by atoms with E-state index in [1.807, 2.05) is 0 Å². The van der Waals surface area contributed by atoms with E-state index in [1.165, 1.54) is 24.8 Å². The Kier molecular flexibility index (Phi) is 5.38. The van der Waals surface area contributed by atoms with Crippen molar-refractivity contribution >= 4 is 29.9 Å². The molecule has 1 aliphatic heterocycles. The average Bonchev–Trinajstić information content (AvgIpc) is 2.84. The fraction of sp³-hybridized carbons (Fsp3) is 0.316. The van der Waals surface area contributed by atoms with Crippen molar-refractivity contribution < 1.29 is 31.1 Å². The highest BCUT2D eigenvalue weighted by Gasteiger charge is 2.52. The van der Waals surface area contributed by atoms with Gasteiger partial charge < -0.3 is 4.90 Å². The second kappa shape index (κ2) is 7.33. The van der Waals surface area contributed by atoms with Gasteiger partial charge in [-0.15, -0.1) is 12.6 Å². The van der Waals surface area contributed by atoms with E-state index in [-0.39, 0.29) is 11.4 Å². The van der Waals surface area contributed by atoms with Crippen LogP contribution in [0.25, 0.3) is 0 Å². The second-order valence-corrected chi connectivity index (χ2v) is 7.66. The normalized spacial score (nSPS) is 19.0. The van der Waals surface area contributed by atoms with E-state index in [9.17, 15) is 31.1 Å². The number of hydrogen-bond donors (Lipinski definition) is 1. The van der Waals surface area contributed by atoms with Gasteiger partial charge in [-0.05, 0) is 44.2 Å². The third-order valence-electron chi connectivity index (χ3n) is 4.84. The maximum Gasteiger partial charge on any atom is 0.419 e. The van der Waals surface area contributed by atoms with Crippen molar-refractivity contribution in [1.29, 1.82) is 5.26 Å². The molecule has 1 aliphatic rings. The number of pyridine rings is 1. The molecule has 1 fully saturated rings. The number of carbonyl (C=O) groups is 1. The molecule has 31 heavy (non-hydrogen) atoms. The summed E-state index contributed by atoms with van der Waals surface area (Å²) in [4.78, 5) is 18.9. The lowest BCUT2D eigenvalue weighted by Gasteiger charge is -2.33. The van der Waals surface area contributed by atoms with Crippen molar-refractivity contribution in [3.63, 3.8) is 0 Å². The molecule has 164 valence electrons. The summed E-state index contributed by atoms with van der Waals surface area (Å²) in [6.07, 6.45) is -8.49. The van der Waals surface area contributed by atoms with Crippen molar-refractivity contribution in [2.24, 2.45) is 0 Å². The van der Waals surface area contributed by atoms with E-state index in [1.54, 1.807) is 0 Å². The number of aromatic nitrogens is 1. The Hall–Kier alpha value is -2.94. The average molecular weight is 460 g/mol. The van der Waals surface area contributed by atoms with E-state index in [4.69, 9.17) is 5.26 Å². The third kappa shape index (κ3) is 3.89. The molecule has 0 spiro atoms. The molecule has 1 atom stereocenters. The van der Waals surface area contributed by atoms with Gasteiger partial charge in [0.05, 0.1) is 23.0 Å². The molecule has 12 heteroatoms. The lowest BCUT2D eigenvalue weighted by Crippen LogP contribution is -2.44. The summed E-state index contributed by atoms with van der Waals surface area (Å²) in [6, 6.07) is 5.96. The SMILES string of the molecule is CC1(C)C(=O)N(c2cnc(C#N)c(C(F)(F)F)c2)C(S)N1c1ccc(C(F)(F)F)cc1. The van der Waals surface area contributed by atoms with Crippen molar-refractivity contribution in [2.45, 2.75) is 37.2 Å². The van der Waals surface area contributed by atoms with Gasteiger partial charge in [-0.1, -0.05) is 0 Å². The number of carbonyl (C=O) groups excluding carboxylic acids is 1. The largest absolute Gasteiger partial charge is 0.419 e. The first-order chi connectivity index (χ1) is 14.2. The van der Waals surface area contributed by atoms with E-state index >= 15 is 0 Å². The third-order valence-corrected chi connectivity index (χ3v) is 5.30. The maximum atomic E-state index is 13.3. The molecule has 1 aromatic heterocycles. The van der Waals surface area contributed by atoms with Gasteiger partial charge in [-0.2, -0.15) is 31.6 Å². The predicted molar refractivity (Wildman–Crippen MR) is 102 cm³/mol. The molecule has 0 saturated carbocycles. The zero-order valence-corrected chi connectivity index (χ0v) is 16.8. The Morgan fingerprint density at radius 3 is 2.13 bits per heavy atom. The summed E-state index contributed by atoms with van der Waals surface area (Å²) in [7, 11) is 0. The molecule has 1 amide bonds. The van der Waals surface area contributed by atoms with E-state index in [0.717, 1.165) is 35.4 Å². The maximum absolute atomic E-state index is 13.3. The number of nitrogens with zero attached hydrogens (tertiary/aromatic N) is 4. The number of amides is 1. The smallest absolute Gasteiger partial charge is 0.328 e. The zero-order valence-electron chi connectivity index (χ0n) is 16.0. The molecule has 0 bridgehead atoms. The molecular formula is C19H14F6N4OS. The number of halogens is 6. The molecule has 1 unspecified atom stereocenters. The quantitative estimate of drug-likeness (QED) is 0.515. The van der Waals surface area contributed by atoms with Crippen LogP contribution in [-0.4, -0.2) is 21.9 Å². The fourth-order valence-electron chi connectivity index (χ4n) is 3.32. The summed E-state index contributed by atoms with van der Waals surface area (Å²) in [6.45, 7) is 2.94. The monoisotopic (exact) mass is 460 g/mol. The molecule has 0 N–H and O–H groups in total. The highest BCUT2D eigenvalue weighted by atomic mass is 32.1. The first-order valence-electron chi connectivity index (χ1n) is 8.65. The molecule has 2 heterocycles. The summed E-state index contributed by atoms with van der Waals surface area (Å²) in [5, 5.41) is 8.90. The van der Waals surface area contributed by atoms with Gasteiger partial charge in [0.15, 0.2) is 11.2 Å².